The van der Waals surface area contributed by atoms with Crippen LogP contribution in [0.5, 0.6) is 0 Å². The van der Waals surface area contributed by atoms with Gasteiger partial charge in [0.2, 0.25) is 5.91 Å². The van der Waals surface area contributed by atoms with Gasteiger partial charge in [0.05, 0.1) is 5.56 Å². The summed E-state index contributed by atoms with van der Waals surface area (Å²) < 4.78 is 5.79. The maximum Gasteiger partial charge on any atom is 0.257 e. The lowest BCUT2D eigenvalue weighted by Gasteiger charge is -2.27. The number of carbonyl (C=O) groups is 2. The van der Waals surface area contributed by atoms with Crippen LogP contribution in [-0.2, 0) is 17.8 Å². The Balaban J connectivity index is 1.68. The fourth-order valence-electron chi connectivity index (χ4n) is 4.03. The Labute approximate surface area is 144 Å². The van der Waals surface area contributed by atoms with Gasteiger partial charge in [-0.15, -0.1) is 0 Å². The second-order valence-corrected chi connectivity index (χ2v) is 7.39. The minimum atomic E-state index is -0.0437. The lowest BCUT2D eigenvalue weighted by molar-refractivity contribution is -0.132. The molecule has 1 aliphatic carbocycles. The molecular formula is C19H28N2O3. The fourth-order valence-corrected chi connectivity index (χ4v) is 4.03. The molecule has 0 unspecified atom stereocenters. The van der Waals surface area contributed by atoms with E-state index in [0.29, 0.717) is 37.3 Å². The monoisotopic (exact) mass is 332 g/mol. The zero-order chi connectivity index (χ0) is 17.3. The van der Waals surface area contributed by atoms with Gasteiger partial charge >= 0.3 is 0 Å². The van der Waals surface area contributed by atoms with Crippen LogP contribution in [-0.4, -0.2) is 42.3 Å². The Kier molecular flexibility index (Phi) is 4.97. The van der Waals surface area contributed by atoms with Crippen LogP contribution < -0.4 is 0 Å². The largest absolute Gasteiger partial charge is 0.465 e. The summed E-state index contributed by atoms with van der Waals surface area (Å²) in [5, 5.41) is 0. The summed E-state index contributed by atoms with van der Waals surface area (Å²) in [6, 6.07) is 0. The molecule has 0 radical (unpaired) electrons. The van der Waals surface area contributed by atoms with E-state index in [2.05, 4.69) is 0 Å². The molecule has 24 heavy (non-hydrogen) atoms. The second kappa shape index (κ2) is 6.99. The van der Waals surface area contributed by atoms with Crippen LogP contribution in [0.1, 0.15) is 66.0 Å². The summed E-state index contributed by atoms with van der Waals surface area (Å²) in [6.07, 6.45) is 7.53. The molecule has 132 valence electrons. The predicted molar refractivity (Wildman–Crippen MR) is 91.8 cm³/mol. The standard InChI is InChI=1S/C19H28N2O3/c1-13-18(19(23)20(2)3)15-12-21(11-10-16(15)24-13)17(22)9-8-14-6-4-5-7-14/h14H,4-12H2,1-3H3. The van der Waals surface area contributed by atoms with Crippen molar-refractivity contribution in [2.45, 2.75) is 58.4 Å². The van der Waals surface area contributed by atoms with Crippen molar-refractivity contribution in [3.63, 3.8) is 0 Å². The Bertz CT molecular complexity index is 627. The van der Waals surface area contributed by atoms with Crippen molar-refractivity contribution in [3.05, 3.63) is 22.6 Å². The van der Waals surface area contributed by atoms with Crippen molar-refractivity contribution in [2.24, 2.45) is 5.92 Å². The third-order valence-corrected chi connectivity index (χ3v) is 5.44. The molecule has 0 spiro atoms. The number of nitrogens with zero attached hydrogens (tertiary/aromatic N) is 2. The van der Waals surface area contributed by atoms with Crippen LogP contribution in [0.3, 0.4) is 0 Å². The number of aryl methyl sites for hydroxylation is 1. The van der Waals surface area contributed by atoms with E-state index in [1.54, 1.807) is 19.0 Å². The van der Waals surface area contributed by atoms with Gasteiger partial charge in [0.15, 0.2) is 0 Å². The van der Waals surface area contributed by atoms with Gasteiger partial charge in [-0.2, -0.15) is 0 Å². The van der Waals surface area contributed by atoms with Gasteiger partial charge in [0.25, 0.3) is 5.91 Å². The highest BCUT2D eigenvalue weighted by Gasteiger charge is 2.31. The molecule has 0 atom stereocenters. The van der Waals surface area contributed by atoms with Gasteiger partial charge in [-0.25, -0.2) is 0 Å². The van der Waals surface area contributed by atoms with E-state index in [4.69, 9.17) is 4.42 Å². The molecule has 0 N–H and O–H groups in total. The maximum absolute atomic E-state index is 12.6. The zero-order valence-electron chi connectivity index (χ0n) is 15.1. The van der Waals surface area contributed by atoms with E-state index in [-0.39, 0.29) is 11.8 Å². The highest BCUT2D eigenvalue weighted by atomic mass is 16.3. The molecule has 2 aliphatic rings. The molecule has 1 aromatic heterocycles. The average molecular weight is 332 g/mol. The zero-order valence-corrected chi connectivity index (χ0v) is 15.1. The lowest BCUT2D eigenvalue weighted by Crippen LogP contribution is -2.36. The van der Waals surface area contributed by atoms with Gasteiger partial charge in [-0.3, -0.25) is 9.59 Å². The normalized spacial score (nSPS) is 17.9. The van der Waals surface area contributed by atoms with Gasteiger partial charge in [-0.05, 0) is 19.3 Å². The summed E-state index contributed by atoms with van der Waals surface area (Å²) in [5.74, 6) is 2.44. The van der Waals surface area contributed by atoms with Crippen LogP contribution >= 0.6 is 0 Å². The van der Waals surface area contributed by atoms with Crippen LogP contribution in [0.15, 0.2) is 4.42 Å². The molecule has 1 saturated carbocycles. The second-order valence-electron chi connectivity index (χ2n) is 7.39. The molecular weight excluding hydrogens is 304 g/mol. The van der Waals surface area contributed by atoms with Crippen LogP contribution in [0, 0.1) is 12.8 Å². The Morgan fingerprint density at radius 2 is 1.96 bits per heavy atom. The first kappa shape index (κ1) is 17.1. The van der Waals surface area contributed by atoms with E-state index in [9.17, 15) is 9.59 Å². The molecule has 0 bridgehead atoms. The van der Waals surface area contributed by atoms with Crippen molar-refractivity contribution in [3.8, 4) is 0 Å². The Hall–Kier alpha value is -1.78. The fraction of sp³-hybridized carbons (Fsp3) is 0.684. The molecule has 1 fully saturated rings. The van der Waals surface area contributed by atoms with Crippen molar-refractivity contribution in [1.82, 2.24) is 9.80 Å². The van der Waals surface area contributed by atoms with Gasteiger partial charge in [0.1, 0.15) is 11.5 Å². The molecule has 0 saturated heterocycles. The smallest absolute Gasteiger partial charge is 0.257 e. The van der Waals surface area contributed by atoms with Crippen molar-refractivity contribution in [2.75, 3.05) is 20.6 Å². The maximum atomic E-state index is 12.6. The van der Waals surface area contributed by atoms with Crippen molar-refractivity contribution < 1.29 is 14.0 Å². The number of hydrogen-bond donors (Lipinski definition) is 0. The SMILES string of the molecule is Cc1oc2c(c1C(=O)N(C)C)CN(C(=O)CCC1CCCC1)CC2. The number of rotatable bonds is 4. The number of amides is 2. The van der Waals surface area contributed by atoms with E-state index in [1.807, 2.05) is 11.8 Å². The highest BCUT2D eigenvalue weighted by Crippen LogP contribution is 2.31. The molecule has 2 heterocycles. The van der Waals surface area contributed by atoms with E-state index >= 15 is 0 Å². The van der Waals surface area contributed by atoms with Gasteiger partial charge in [-0.1, -0.05) is 25.7 Å². The summed E-state index contributed by atoms with van der Waals surface area (Å²) >= 11 is 0. The summed E-state index contributed by atoms with van der Waals surface area (Å²) in [4.78, 5) is 28.5. The topological polar surface area (TPSA) is 53.8 Å². The van der Waals surface area contributed by atoms with Gasteiger partial charge in [0, 0.05) is 45.6 Å². The molecule has 5 heteroatoms. The third kappa shape index (κ3) is 3.35. The molecule has 0 aromatic carbocycles. The third-order valence-electron chi connectivity index (χ3n) is 5.44. The van der Waals surface area contributed by atoms with Crippen LogP contribution in [0.4, 0.5) is 0 Å². The van der Waals surface area contributed by atoms with Gasteiger partial charge < -0.3 is 14.2 Å². The van der Waals surface area contributed by atoms with Crippen molar-refractivity contribution in [1.29, 1.82) is 0 Å². The summed E-state index contributed by atoms with van der Waals surface area (Å²) in [7, 11) is 3.49. The molecule has 2 amide bonds. The summed E-state index contributed by atoms with van der Waals surface area (Å²) in [6.45, 7) is 3.03. The van der Waals surface area contributed by atoms with Crippen molar-refractivity contribution >= 4 is 11.8 Å². The first-order valence-electron chi connectivity index (χ1n) is 9.08. The first-order valence-corrected chi connectivity index (χ1v) is 9.08. The number of fused-ring (bicyclic) bond motifs is 1. The predicted octanol–water partition coefficient (Wildman–Crippen LogP) is 3.14. The lowest BCUT2D eigenvalue weighted by atomic mass is 9.99. The average Bonchev–Trinajstić information content (AvgIpc) is 3.17. The van der Waals surface area contributed by atoms with E-state index in [0.717, 1.165) is 23.7 Å². The Morgan fingerprint density at radius 3 is 2.62 bits per heavy atom. The quantitative estimate of drug-likeness (QED) is 0.851. The van der Waals surface area contributed by atoms with E-state index < -0.39 is 0 Å². The van der Waals surface area contributed by atoms with Crippen LogP contribution in [0.2, 0.25) is 0 Å². The number of carbonyl (C=O) groups excluding carboxylic acids is 2. The first-order chi connectivity index (χ1) is 11.5. The highest BCUT2D eigenvalue weighted by molar-refractivity contribution is 5.96. The molecule has 5 nitrogen and oxygen atoms in total. The molecule has 1 aliphatic heterocycles. The minimum Gasteiger partial charge on any atom is -0.465 e. The van der Waals surface area contributed by atoms with Crippen LogP contribution in [0.25, 0.3) is 0 Å². The summed E-state index contributed by atoms with van der Waals surface area (Å²) in [5.41, 5.74) is 1.55. The number of hydrogen-bond acceptors (Lipinski definition) is 3. The number of furan rings is 1. The molecule has 3 rings (SSSR count). The van der Waals surface area contributed by atoms with E-state index in [1.165, 1.54) is 25.7 Å². The Morgan fingerprint density at radius 1 is 1.25 bits per heavy atom. The molecule has 1 aromatic rings. The minimum absolute atomic E-state index is 0.0437.